The first kappa shape index (κ1) is 21.6. The molecule has 162 valence electrons. The van der Waals surface area contributed by atoms with E-state index in [0.29, 0.717) is 24.2 Å². The van der Waals surface area contributed by atoms with Crippen LogP contribution in [0.5, 0.6) is 0 Å². The van der Waals surface area contributed by atoms with Gasteiger partial charge in [0.1, 0.15) is 0 Å². The van der Waals surface area contributed by atoms with Gasteiger partial charge in [0.25, 0.3) is 5.91 Å². The number of rotatable bonds is 7. The fraction of sp³-hybridized carbons (Fsp3) is 0.125. The molecule has 0 radical (unpaired) electrons. The normalized spacial score (nSPS) is 11.4. The monoisotopic (exact) mass is 446 g/mol. The molecule has 0 aliphatic rings. The van der Waals surface area contributed by atoms with Gasteiger partial charge in [0.15, 0.2) is 0 Å². The predicted molar refractivity (Wildman–Crippen MR) is 124 cm³/mol. The third kappa shape index (κ3) is 4.66. The number of hydrogen-bond acceptors (Lipinski definition) is 5. The van der Waals surface area contributed by atoms with Gasteiger partial charge in [-0.15, -0.1) is 0 Å². The van der Waals surface area contributed by atoms with Crippen LogP contribution in [0.4, 0.5) is 0 Å². The molecule has 4 rings (SSSR count). The fourth-order valence-electron chi connectivity index (χ4n) is 3.39. The maximum atomic E-state index is 13.0. The van der Waals surface area contributed by atoms with E-state index in [4.69, 9.17) is 0 Å². The highest BCUT2D eigenvalue weighted by Gasteiger charge is 2.14. The van der Waals surface area contributed by atoms with Crippen molar-refractivity contribution in [3.63, 3.8) is 0 Å². The standard InChI is InChI=1S/C24H22N4O3S/c1-25-32(30,31)19-10-8-17(9-11-19)12-14-27-24(29)21-15-23(18-5-4-13-26-16-18)28-22-7-3-2-6-20(21)22/h2-11,13,15-16,25H,12,14H2,1H3,(H,27,29). The molecule has 0 spiro atoms. The van der Waals surface area contributed by atoms with E-state index in [1.807, 2.05) is 36.4 Å². The largest absolute Gasteiger partial charge is 0.352 e. The number of para-hydroxylation sites is 1. The van der Waals surface area contributed by atoms with Crippen LogP contribution >= 0.6 is 0 Å². The molecule has 0 aliphatic carbocycles. The van der Waals surface area contributed by atoms with Crippen molar-refractivity contribution in [2.45, 2.75) is 11.3 Å². The summed E-state index contributed by atoms with van der Waals surface area (Å²) in [6.45, 7) is 0.413. The SMILES string of the molecule is CNS(=O)(=O)c1ccc(CCNC(=O)c2cc(-c3cccnc3)nc3ccccc23)cc1. The van der Waals surface area contributed by atoms with E-state index in [0.717, 1.165) is 22.0 Å². The molecule has 2 aromatic carbocycles. The smallest absolute Gasteiger partial charge is 0.252 e. The van der Waals surface area contributed by atoms with Gasteiger partial charge >= 0.3 is 0 Å². The zero-order valence-corrected chi connectivity index (χ0v) is 18.3. The minimum atomic E-state index is -3.46. The van der Waals surface area contributed by atoms with Crippen LogP contribution in [0.3, 0.4) is 0 Å². The average Bonchev–Trinajstić information content (AvgIpc) is 2.84. The van der Waals surface area contributed by atoms with Crippen LogP contribution < -0.4 is 10.0 Å². The zero-order valence-electron chi connectivity index (χ0n) is 17.4. The van der Waals surface area contributed by atoms with Crippen LogP contribution in [-0.2, 0) is 16.4 Å². The summed E-state index contributed by atoms with van der Waals surface area (Å²) in [6, 6.07) is 19.7. The number of nitrogens with zero attached hydrogens (tertiary/aromatic N) is 2. The van der Waals surface area contributed by atoms with Crippen LogP contribution in [-0.4, -0.2) is 37.9 Å². The maximum Gasteiger partial charge on any atom is 0.252 e. The number of hydrogen-bond donors (Lipinski definition) is 2. The molecule has 7 nitrogen and oxygen atoms in total. The number of benzene rings is 2. The summed E-state index contributed by atoms with van der Waals surface area (Å²) in [7, 11) is -2.09. The molecule has 2 N–H and O–H groups in total. The lowest BCUT2D eigenvalue weighted by Gasteiger charge is -2.11. The highest BCUT2D eigenvalue weighted by Crippen LogP contribution is 2.24. The van der Waals surface area contributed by atoms with Crippen molar-refractivity contribution in [1.29, 1.82) is 0 Å². The van der Waals surface area contributed by atoms with Gasteiger partial charge < -0.3 is 5.32 Å². The minimum Gasteiger partial charge on any atom is -0.352 e. The first-order valence-corrected chi connectivity index (χ1v) is 11.6. The summed E-state index contributed by atoms with van der Waals surface area (Å²) in [4.78, 5) is 22.0. The lowest BCUT2D eigenvalue weighted by atomic mass is 10.0. The summed E-state index contributed by atoms with van der Waals surface area (Å²) in [5, 5.41) is 3.74. The Bertz CT molecular complexity index is 1360. The minimum absolute atomic E-state index is 0.192. The number of pyridine rings is 2. The average molecular weight is 447 g/mol. The van der Waals surface area contributed by atoms with Gasteiger partial charge in [-0.05, 0) is 55.4 Å². The molecule has 0 atom stereocenters. The van der Waals surface area contributed by atoms with Crippen molar-refractivity contribution in [3.05, 3.63) is 90.3 Å². The summed E-state index contributed by atoms with van der Waals surface area (Å²) in [5.74, 6) is -0.192. The lowest BCUT2D eigenvalue weighted by Crippen LogP contribution is -2.26. The number of aromatic nitrogens is 2. The van der Waals surface area contributed by atoms with E-state index < -0.39 is 10.0 Å². The Labute approximate surface area is 186 Å². The van der Waals surface area contributed by atoms with Gasteiger partial charge in [0, 0.05) is 29.9 Å². The Hall–Kier alpha value is -3.62. The first-order valence-electron chi connectivity index (χ1n) is 10.1. The van der Waals surface area contributed by atoms with Gasteiger partial charge in [-0.1, -0.05) is 30.3 Å². The second kappa shape index (κ2) is 9.25. The number of carbonyl (C=O) groups excluding carboxylic acids is 1. The maximum absolute atomic E-state index is 13.0. The number of nitrogens with one attached hydrogen (secondary N) is 2. The third-order valence-corrected chi connectivity index (χ3v) is 6.55. The molecule has 1 amide bonds. The van der Waals surface area contributed by atoms with Crippen molar-refractivity contribution < 1.29 is 13.2 Å². The van der Waals surface area contributed by atoms with Crippen LogP contribution in [0.2, 0.25) is 0 Å². The van der Waals surface area contributed by atoms with Crippen molar-refractivity contribution in [1.82, 2.24) is 20.0 Å². The fourth-order valence-corrected chi connectivity index (χ4v) is 4.12. The molecular formula is C24H22N4O3S. The molecule has 2 heterocycles. The van der Waals surface area contributed by atoms with Crippen LogP contribution in [0, 0.1) is 0 Å². The second-order valence-electron chi connectivity index (χ2n) is 7.17. The number of amides is 1. The summed E-state index contributed by atoms with van der Waals surface area (Å²) in [5.41, 5.74) is 3.73. The topological polar surface area (TPSA) is 101 Å². The molecule has 0 unspecified atom stereocenters. The highest BCUT2D eigenvalue weighted by atomic mass is 32.2. The Kier molecular flexibility index (Phi) is 6.25. The van der Waals surface area contributed by atoms with E-state index >= 15 is 0 Å². The second-order valence-corrected chi connectivity index (χ2v) is 9.06. The molecule has 2 aromatic heterocycles. The zero-order chi connectivity index (χ0) is 22.6. The Morgan fingerprint density at radius 3 is 2.50 bits per heavy atom. The predicted octanol–water partition coefficient (Wildman–Crippen LogP) is 3.18. The third-order valence-electron chi connectivity index (χ3n) is 5.12. The van der Waals surface area contributed by atoms with E-state index in [2.05, 4.69) is 20.0 Å². The van der Waals surface area contributed by atoms with Crippen LogP contribution in [0.25, 0.3) is 22.2 Å². The highest BCUT2D eigenvalue weighted by molar-refractivity contribution is 7.89. The van der Waals surface area contributed by atoms with E-state index in [-0.39, 0.29) is 10.8 Å². The molecule has 0 aliphatic heterocycles. The molecular weight excluding hydrogens is 424 g/mol. The first-order chi connectivity index (χ1) is 15.5. The Morgan fingerprint density at radius 1 is 1.00 bits per heavy atom. The van der Waals surface area contributed by atoms with Gasteiger partial charge in [0.2, 0.25) is 10.0 Å². The molecule has 8 heteroatoms. The summed E-state index contributed by atoms with van der Waals surface area (Å²) >= 11 is 0. The van der Waals surface area contributed by atoms with Crippen LogP contribution in [0.1, 0.15) is 15.9 Å². The van der Waals surface area contributed by atoms with Crippen molar-refractivity contribution in [2.24, 2.45) is 0 Å². The quantitative estimate of drug-likeness (QED) is 0.454. The molecule has 32 heavy (non-hydrogen) atoms. The lowest BCUT2D eigenvalue weighted by molar-refractivity contribution is 0.0955. The molecule has 0 fully saturated rings. The van der Waals surface area contributed by atoms with Gasteiger partial charge in [-0.3, -0.25) is 9.78 Å². The number of sulfonamides is 1. The Balaban J connectivity index is 1.51. The molecule has 0 saturated heterocycles. The van der Waals surface area contributed by atoms with Gasteiger partial charge in [0.05, 0.1) is 21.7 Å². The molecule has 0 saturated carbocycles. The van der Waals surface area contributed by atoms with E-state index in [9.17, 15) is 13.2 Å². The Morgan fingerprint density at radius 2 is 1.78 bits per heavy atom. The molecule has 4 aromatic rings. The van der Waals surface area contributed by atoms with Crippen molar-refractivity contribution in [3.8, 4) is 11.3 Å². The number of carbonyl (C=O) groups is 1. The summed E-state index contributed by atoms with van der Waals surface area (Å²) < 4.78 is 26.0. The molecule has 0 bridgehead atoms. The van der Waals surface area contributed by atoms with Crippen molar-refractivity contribution in [2.75, 3.05) is 13.6 Å². The van der Waals surface area contributed by atoms with Crippen molar-refractivity contribution >= 4 is 26.8 Å². The van der Waals surface area contributed by atoms with E-state index in [1.54, 1.807) is 42.7 Å². The number of fused-ring (bicyclic) bond motifs is 1. The van der Waals surface area contributed by atoms with Gasteiger partial charge in [-0.25, -0.2) is 18.1 Å². The van der Waals surface area contributed by atoms with Crippen LogP contribution in [0.15, 0.2) is 84.0 Å². The summed E-state index contributed by atoms with van der Waals surface area (Å²) in [6.07, 6.45) is 3.99. The van der Waals surface area contributed by atoms with Gasteiger partial charge in [-0.2, -0.15) is 0 Å². The van der Waals surface area contributed by atoms with E-state index in [1.165, 1.54) is 7.05 Å².